The second-order valence-corrected chi connectivity index (χ2v) is 7.46. The molecule has 6 nitrogen and oxygen atoms in total. The highest BCUT2D eigenvalue weighted by Crippen LogP contribution is 2.30. The van der Waals surface area contributed by atoms with Crippen molar-refractivity contribution in [2.75, 3.05) is 45.9 Å². The van der Waals surface area contributed by atoms with Gasteiger partial charge in [-0.25, -0.2) is 9.37 Å². The largest absolute Gasteiger partial charge is 0.494 e. The molecule has 1 N–H and O–H groups in total. The first-order valence-corrected chi connectivity index (χ1v) is 9.66. The molecule has 1 atom stereocenters. The Morgan fingerprint density at radius 1 is 1.19 bits per heavy atom. The highest BCUT2D eigenvalue weighted by molar-refractivity contribution is 5.21. The molecule has 7 heteroatoms. The monoisotopic (exact) mass is 374 g/mol. The van der Waals surface area contributed by atoms with Crippen LogP contribution in [0, 0.1) is 5.82 Å². The molecule has 2 aromatic rings. The number of hydrogen-bond acceptors (Lipinski definition) is 5. The lowest BCUT2D eigenvalue weighted by Crippen LogP contribution is -2.53. The fourth-order valence-corrected chi connectivity index (χ4v) is 4.03. The van der Waals surface area contributed by atoms with Gasteiger partial charge in [-0.3, -0.25) is 9.80 Å². The number of hydrogen-bond donors (Lipinski definition) is 1. The Kier molecular flexibility index (Phi) is 5.71. The molecule has 2 aliphatic heterocycles. The molecule has 2 aliphatic rings. The Morgan fingerprint density at radius 3 is 2.85 bits per heavy atom. The van der Waals surface area contributed by atoms with Crippen LogP contribution in [-0.2, 0) is 11.3 Å². The van der Waals surface area contributed by atoms with E-state index < -0.39 is 0 Å². The van der Waals surface area contributed by atoms with E-state index in [2.05, 4.69) is 19.8 Å². The lowest BCUT2D eigenvalue weighted by molar-refractivity contribution is -0.102. The SMILES string of the molecule is Fc1ccc(OCCCN2CCOC3(CCN(Cc4ncc[nH]4)C3)C2)cc1. The summed E-state index contributed by atoms with van der Waals surface area (Å²) in [6.45, 7) is 7.20. The summed E-state index contributed by atoms with van der Waals surface area (Å²) in [4.78, 5) is 12.4. The third-order valence-corrected chi connectivity index (χ3v) is 5.35. The van der Waals surface area contributed by atoms with E-state index in [1.807, 2.05) is 6.20 Å². The predicted molar refractivity (Wildman–Crippen MR) is 100 cm³/mol. The number of likely N-dealkylation sites (tertiary alicyclic amines) is 1. The molecule has 4 rings (SSSR count). The van der Waals surface area contributed by atoms with Crippen LogP contribution >= 0.6 is 0 Å². The molecule has 2 saturated heterocycles. The molecule has 0 aliphatic carbocycles. The number of H-pyrrole nitrogens is 1. The van der Waals surface area contributed by atoms with E-state index in [4.69, 9.17) is 9.47 Å². The summed E-state index contributed by atoms with van der Waals surface area (Å²) in [6.07, 6.45) is 5.68. The Bertz CT molecular complexity index is 709. The summed E-state index contributed by atoms with van der Waals surface area (Å²) in [5.74, 6) is 1.50. The van der Waals surface area contributed by atoms with E-state index >= 15 is 0 Å². The normalized spacial score (nSPS) is 23.9. The number of nitrogens with one attached hydrogen (secondary N) is 1. The number of nitrogens with zero attached hydrogens (tertiary/aromatic N) is 3. The molecular weight excluding hydrogens is 347 g/mol. The van der Waals surface area contributed by atoms with Gasteiger partial charge in [0.15, 0.2) is 0 Å². The number of halogens is 1. The van der Waals surface area contributed by atoms with Crippen LogP contribution in [0.1, 0.15) is 18.7 Å². The van der Waals surface area contributed by atoms with Gasteiger partial charge in [-0.2, -0.15) is 0 Å². The van der Waals surface area contributed by atoms with Gasteiger partial charge >= 0.3 is 0 Å². The Morgan fingerprint density at radius 2 is 2.04 bits per heavy atom. The average Bonchev–Trinajstić information content (AvgIpc) is 3.31. The summed E-state index contributed by atoms with van der Waals surface area (Å²) >= 11 is 0. The third kappa shape index (κ3) is 4.86. The van der Waals surface area contributed by atoms with Gasteiger partial charge < -0.3 is 14.5 Å². The molecule has 1 spiro atoms. The fourth-order valence-electron chi connectivity index (χ4n) is 4.03. The number of benzene rings is 1. The van der Waals surface area contributed by atoms with Gasteiger partial charge in [-0.15, -0.1) is 0 Å². The molecule has 3 heterocycles. The van der Waals surface area contributed by atoms with Crippen LogP contribution in [0.15, 0.2) is 36.7 Å². The van der Waals surface area contributed by atoms with Crippen LogP contribution < -0.4 is 4.74 Å². The lowest BCUT2D eigenvalue weighted by Gasteiger charge is -2.40. The van der Waals surface area contributed by atoms with Crippen molar-refractivity contribution < 1.29 is 13.9 Å². The second kappa shape index (κ2) is 8.37. The first-order chi connectivity index (χ1) is 13.2. The van der Waals surface area contributed by atoms with Gasteiger partial charge in [0.25, 0.3) is 0 Å². The maximum atomic E-state index is 12.9. The second-order valence-electron chi connectivity index (χ2n) is 7.46. The molecule has 1 aromatic carbocycles. The van der Waals surface area contributed by atoms with E-state index in [0.29, 0.717) is 6.61 Å². The number of morpholine rings is 1. The summed E-state index contributed by atoms with van der Waals surface area (Å²) in [5.41, 5.74) is -0.0529. The van der Waals surface area contributed by atoms with Crippen molar-refractivity contribution in [2.24, 2.45) is 0 Å². The van der Waals surface area contributed by atoms with Crippen molar-refractivity contribution in [3.8, 4) is 5.75 Å². The zero-order chi connectivity index (χ0) is 18.5. The minimum Gasteiger partial charge on any atom is -0.494 e. The van der Waals surface area contributed by atoms with Crippen molar-refractivity contribution in [3.63, 3.8) is 0 Å². The standard InChI is InChI=1S/C20H27FN4O2/c21-17-2-4-18(5-3-17)26-12-1-9-24-11-13-27-20(15-24)6-10-25(16-20)14-19-22-7-8-23-19/h2-5,7-8H,1,6,9-16H2,(H,22,23). The zero-order valence-electron chi connectivity index (χ0n) is 15.6. The van der Waals surface area contributed by atoms with Gasteiger partial charge in [0.2, 0.25) is 0 Å². The predicted octanol–water partition coefficient (Wildman–Crippen LogP) is 2.29. The molecule has 1 aromatic heterocycles. The summed E-state index contributed by atoms with van der Waals surface area (Å²) in [5, 5.41) is 0. The zero-order valence-corrected chi connectivity index (χ0v) is 15.6. The van der Waals surface area contributed by atoms with E-state index in [-0.39, 0.29) is 11.4 Å². The lowest BCUT2D eigenvalue weighted by atomic mass is 10.0. The molecule has 27 heavy (non-hydrogen) atoms. The molecule has 146 valence electrons. The third-order valence-electron chi connectivity index (χ3n) is 5.35. The molecule has 0 amide bonds. The van der Waals surface area contributed by atoms with E-state index in [1.54, 1.807) is 18.3 Å². The number of imidazole rings is 1. The number of aromatic nitrogens is 2. The first-order valence-electron chi connectivity index (χ1n) is 9.66. The Hall–Kier alpha value is -1.96. The molecule has 0 saturated carbocycles. The Labute approximate surface area is 159 Å². The average molecular weight is 374 g/mol. The summed E-state index contributed by atoms with van der Waals surface area (Å²) in [7, 11) is 0. The van der Waals surface area contributed by atoms with Gasteiger partial charge in [-0.1, -0.05) is 0 Å². The van der Waals surface area contributed by atoms with E-state index in [9.17, 15) is 4.39 Å². The summed E-state index contributed by atoms with van der Waals surface area (Å²) in [6, 6.07) is 6.20. The van der Waals surface area contributed by atoms with Crippen LogP contribution in [0.2, 0.25) is 0 Å². The maximum Gasteiger partial charge on any atom is 0.123 e. The molecule has 1 unspecified atom stereocenters. The molecular formula is C20H27FN4O2. The van der Waals surface area contributed by atoms with Gasteiger partial charge in [0.1, 0.15) is 17.4 Å². The smallest absolute Gasteiger partial charge is 0.123 e. The number of ether oxygens (including phenoxy) is 2. The van der Waals surface area contributed by atoms with Crippen molar-refractivity contribution in [2.45, 2.75) is 25.0 Å². The molecule has 2 fully saturated rings. The van der Waals surface area contributed by atoms with Crippen LogP contribution in [-0.4, -0.2) is 71.3 Å². The van der Waals surface area contributed by atoms with Crippen LogP contribution in [0.3, 0.4) is 0 Å². The van der Waals surface area contributed by atoms with Crippen molar-refractivity contribution in [1.82, 2.24) is 19.8 Å². The fraction of sp³-hybridized carbons (Fsp3) is 0.550. The van der Waals surface area contributed by atoms with Gasteiger partial charge in [-0.05, 0) is 37.1 Å². The minimum absolute atomic E-state index is 0.0529. The molecule has 0 bridgehead atoms. The highest BCUT2D eigenvalue weighted by atomic mass is 19.1. The number of rotatable bonds is 7. The Balaban J connectivity index is 1.20. The maximum absolute atomic E-state index is 12.9. The molecule has 0 radical (unpaired) electrons. The minimum atomic E-state index is -0.237. The highest BCUT2D eigenvalue weighted by Gasteiger charge is 2.42. The first kappa shape index (κ1) is 18.4. The summed E-state index contributed by atoms with van der Waals surface area (Å²) < 4.78 is 24.8. The van der Waals surface area contributed by atoms with E-state index in [1.165, 1.54) is 12.1 Å². The van der Waals surface area contributed by atoms with Crippen LogP contribution in [0.4, 0.5) is 4.39 Å². The van der Waals surface area contributed by atoms with Gasteiger partial charge in [0, 0.05) is 45.1 Å². The van der Waals surface area contributed by atoms with Gasteiger partial charge in [0.05, 0.1) is 25.4 Å². The van der Waals surface area contributed by atoms with E-state index in [0.717, 1.165) is 70.3 Å². The number of aromatic amines is 1. The van der Waals surface area contributed by atoms with Crippen molar-refractivity contribution in [3.05, 3.63) is 48.3 Å². The van der Waals surface area contributed by atoms with Crippen LogP contribution in [0.5, 0.6) is 5.75 Å². The topological polar surface area (TPSA) is 53.6 Å². The van der Waals surface area contributed by atoms with Crippen LogP contribution in [0.25, 0.3) is 0 Å². The van der Waals surface area contributed by atoms with Crippen molar-refractivity contribution >= 4 is 0 Å². The quantitative estimate of drug-likeness (QED) is 0.754. The van der Waals surface area contributed by atoms with Crippen molar-refractivity contribution in [1.29, 1.82) is 0 Å².